The quantitative estimate of drug-likeness (QED) is 0.824. The van der Waals surface area contributed by atoms with E-state index in [1.807, 2.05) is 26.0 Å². The first-order valence-corrected chi connectivity index (χ1v) is 8.16. The topological polar surface area (TPSA) is 86.2 Å². The Morgan fingerprint density at radius 3 is 1.55 bits per heavy atom. The van der Waals surface area contributed by atoms with Crippen molar-refractivity contribution in [3.05, 3.63) is 45.2 Å². The van der Waals surface area contributed by atoms with E-state index in [1.165, 1.54) is 12.2 Å². The molecule has 0 fully saturated rings. The summed E-state index contributed by atoms with van der Waals surface area (Å²) in [6.45, 7) is 4.07. The second kappa shape index (κ2) is 6.72. The van der Waals surface area contributed by atoms with E-state index >= 15 is 0 Å². The Morgan fingerprint density at radius 2 is 1.23 bits per heavy atom. The number of hydrogen-bond donors (Lipinski definition) is 2. The number of carbonyl (C=O) groups excluding carboxylic acids is 2. The van der Waals surface area contributed by atoms with Crippen LogP contribution in [0.15, 0.2) is 24.3 Å². The summed E-state index contributed by atoms with van der Waals surface area (Å²) >= 11 is 3.21. The van der Waals surface area contributed by atoms with E-state index in [9.17, 15) is 9.59 Å². The van der Waals surface area contributed by atoms with Crippen molar-refractivity contribution in [3.63, 3.8) is 0 Å². The number of amides is 2. The van der Waals surface area contributed by atoms with E-state index in [0.717, 1.165) is 30.6 Å². The summed E-state index contributed by atoms with van der Waals surface area (Å²) in [5.74, 6) is -0.919. The average molecular weight is 332 g/mol. The molecule has 0 atom stereocenters. The van der Waals surface area contributed by atoms with E-state index in [-0.39, 0.29) is 0 Å². The Kier molecular flexibility index (Phi) is 4.95. The van der Waals surface area contributed by atoms with Gasteiger partial charge in [0.15, 0.2) is 0 Å². The van der Waals surface area contributed by atoms with Gasteiger partial charge >= 0.3 is 0 Å². The highest BCUT2D eigenvalue weighted by Gasteiger charge is 2.12. The Labute approximate surface area is 136 Å². The Hall–Kier alpha value is -2.18. The molecule has 0 unspecified atom stereocenters. The molecule has 6 heteroatoms. The Bertz CT molecular complexity index is 716. The van der Waals surface area contributed by atoms with E-state index < -0.39 is 11.8 Å². The highest BCUT2D eigenvalue weighted by Crippen LogP contribution is 2.40. The maximum absolute atomic E-state index is 10.8. The molecule has 0 saturated carbocycles. The van der Waals surface area contributed by atoms with Crippen LogP contribution >= 0.6 is 22.7 Å². The van der Waals surface area contributed by atoms with Crippen molar-refractivity contribution in [2.75, 3.05) is 0 Å². The first kappa shape index (κ1) is 16.2. The summed E-state index contributed by atoms with van der Waals surface area (Å²) in [5.41, 5.74) is 12.5. The van der Waals surface area contributed by atoms with Crippen LogP contribution in [0.2, 0.25) is 0 Å². The first-order chi connectivity index (χ1) is 10.4. The molecule has 0 bridgehead atoms. The van der Waals surface area contributed by atoms with Crippen LogP contribution in [0.25, 0.3) is 21.9 Å². The zero-order valence-electron chi connectivity index (χ0n) is 12.3. The molecule has 114 valence electrons. The molecule has 0 aliphatic carbocycles. The SMILES string of the molecule is Cc1cc(C=CC(N)=O)sc1-c1sc(C=CC(N)=O)cc1C. The van der Waals surface area contributed by atoms with Crippen LogP contribution in [-0.4, -0.2) is 11.8 Å². The average Bonchev–Trinajstić information content (AvgIpc) is 2.97. The van der Waals surface area contributed by atoms with Crippen LogP contribution in [0.5, 0.6) is 0 Å². The third-order valence-corrected chi connectivity index (χ3v) is 5.47. The third-order valence-electron chi connectivity index (χ3n) is 2.90. The van der Waals surface area contributed by atoms with Crippen LogP contribution in [0.3, 0.4) is 0 Å². The number of primary amides is 2. The molecule has 4 nitrogen and oxygen atoms in total. The highest BCUT2D eigenvalue weighted by molar-refractivity contribution is 7.23. The molecule has 0 spiro atoms. The molecule has 0 radical (unpaired) electrons. The maximum Gasteiger partial charge on any atom is 0.241 e. The van der Waals surface area contributed by atoms with Crippen LogP contribution in [-0.2, 0) is 9.59 Å². The molecule has 2 rings (SSSR count). The van der Waals surface area contributed by atoms with Gasteiger partial charge in [0.25, 0.3) is 0 Å². The van der Waals surface area contributed by atoms with Gasteiger partial charge in [-0.15, -0.1) is 22.7 Å². The van der Waals surface area contributed by atoms with E-state index in [2.05, 4.69) is 0 Å². The fourth-order valence-corrected chi connectivity index (χ4v) is 4.37. The monoisotopic (exact) mass is 332 g/mol. The first-order valence-electron chi connectivity index (χ1n) is 6.53. The third kappa shape index (κ3) is 3.93. The van der Waals surface area contributed by atoms with Gasteiger partial charge in [0.2, 0.25) is 11.8 Å². The molecule has 0 aliphatic heterocycles. The number of nitrogens with two attached hydrogens (primary N) is 2. The lowest BCUT2D eigenvalue weighted by atomic mass is 10.2. The lowest BCUT2D eigenvalue weighted by molar-refractivity contribution is -0.114. The van der Waals surface area contributed by atoms with E-state index in [4.69, 9.17) is 11.5 Å². The van der Waals surface area contributed by atoms with Gasteiger partial charge in [0, 0.05) is 31.7 Å². The van der Waals surface area contributed by atoms with Gasteiger partial charge in [0.05, 0.1) is 0 Å². The Balaban J connectivity index is 2.36. The minimum atomic E-state index is -0.459. The van der Waals surface area contributed by atoms with Gasteiger partial charge in [-0.05, 0) is 49.3 Å². The van der Waals surface area contributed by atoms with Crippen molar-refractivity contribution in [2.24, 2.45) is 11.5 Å². The molecular formula is C16H16N2O2S2. The van der Waals surface area contributed by atoms with Crippen molar-refractivity contribution in [1.29, 1.82) is 0 Å². The maximum atomic E-state index is 10.8. The van der Waals surface area contributed by atoms with E-state index in [1.54, 1.807) is 34.8 Å². The summed E-state index contributed by atoms with van der Waals surface area (Å²) in [4.78, 5) is 25.9. The number of rotatable bonds is 5. The largest absolute Gasteiger partial charge is 0.366 e. The molecule has 2 aromatic heterocycles. The zero-order chi connectivity index (χ0) is 16.3. The summed E-state index contributed by atoms with van der Waals surface area (Å²) in [5, 5.41) is 0. The summed E-state index contributed by atoms with van der Waals surface area (Å²) < 4.78 is 0. The summed E-state index contributed by atoms with van der Waals surface area (Å²) in [6, 6.07) is 4.05. The predicted octanol–water partition coefficient (Wildman–Crippen LogP) is 3.09. The van der Waals surface area contributed by atoms with Gasteiger partial charge in [-0.2, -0.15) is 0 Å². The van der Waals surface area contributed by atoms with Crippen molar-refractivity contribution in [2.45, 2.75) is 13.8 Å². The Morgan fingerprint density at radius 1 is 0.864 bits per heavy atom. The number of carbonyl (C=O) groups is 2. The van der Waals surface area contributed by atoms with Crippen molar-refractivity contribution in [3.8, 4) is 9.75 Å². The lowest BCUT2D eigenvalue weighted by Gasteiger charge is -1.96. The van der Waals surface area contributed by atoms with Crippen LogP contribution in [0.1, 0.15) is 20.9 Å². The van der Waals surface area contributed by atoms with Crippen molar-refractivity contribution in [1.82, 2.24) is 0 Å². The standard InChI is InChI=1S/C16H16N2O2S2/c1-9-7-11(3-5-13(17)19)21-15(9)16-10(2)8-12(22-16)4-6-14(18)20/h3-8H,1-2H3,(H2,17,19)(H2,18,20). The van der Waals surface area contributed by atoms with Gasteiger partial charge < -0.3 is 11.5 Å². The fourth-order valence-electron chi connectivity index (χ4n) is 1.96. The van der Waals surface area contributed by atoms with Crippen LogP contribution < -0.4 is 11.5 Å². The second-order valence-corrected chi connectivity index (χ2v) is 6.96. The van der Waals surface area contributed by atoms with E-state index in [0.29, 0.717) is 0 Å². The molecule has 2 aromatic rings. The van der Waals surface area contributed by atoms with Crippen molar-refractivity contribution >= 4 is 46.6 Å². The molecule has 4 N–H and O–H groups in total. The smallest absolute Gasteiger partial charge is 0.241 e. The lowest BCUT2D eigenvalue weighted by Crippen LogP contribution is -2.04. The zero-order valence-corrected chi connectivity index (χ0v) is 13.9. The number of hydrogen-bond acceptors (Lipinski definition) is 4. The van der Waals surface area contributed by atoms with Gasteiger partial charge in [-0.1, -0.05) is 0 Å². The van der Waals surface area contributed by atoms with Gasteiger partial charge in [-0.25, -0.2) is 0 Å². The minimum Gasteiger partial charge on any atom is -0.366 e. The fraction of sp³-hybridized carbons (Fsp3) is 0.125. The normalized spacial score (nSPS) is 11.5. The molecule has 0 aromatic carbocycles. The number of aryl methyl sites for hydroxylation is 2. The molecule has 0 aliphatic rings. The predicted molar refractivity (Wildman–Crippen MR) is 93.6 cm³/mol. The minimum absolute atomic E-state index is 0.459. The van der Waals surface area contributed by atoms with Crippen LogP contribution in [0.4, 0.5) is 0 Å². The molecule has 2 heterocycles. The number of thiophene rings is 2. The molecule has 0 saturated heterocycles. The highest BCUT2D eigenvalue weighted by atomic mass is 32.1. The van der Waals surface area contributed by atoms with Crippen molar-refractivity contribution < 1.29 is 9.59 Å². The second-order valence-electron chi connectivity index (χ2n) is 4.79. The molecular weight excluding hydrogens is 316 g/mol. The summed E-state index contributed by atoms with van der Waals surface area (Å²) in [7, 11) is 0. The molecule has 22 heavy (non-hydrogen) atoms. The summed E-state index contributed by atoms with van der Waals surface area (Å²) in [6.07, 6.45) is 6.16. The van der Waals surface area contributed by atoms with Gasteiger partial charge in [-0.3, -0.25) is 9.59 Å². The molecule has 2 amide bonds. The van der Waals surface area contributed by atoms with Gasteiger partial charge in [0.1, 0.15) is 0 Å². The van der Waals surface area contributed by atoms with Crippen LogP contribution in [0, 0.1) is 13.8 Å².